The van der Waals surface area contributed by atoms with Gasteiger partial charge in [-0.15, -0.1) is 0 Å². The predicted molar refractivity (Wildman–Crippen MR) is 89.2 cm³/mol. The van der Waals surface area contributed by atoms with E-state index in [0.717, 1.165) is 31.5 Å². The molecular formula is C16H17FN2O5S. The van der Waals surface area contributed by atoms with Crippen LogP contribution in [0.5, 0.6) is 11.5 Å². The summed E-state index contributed by atoms with van der Waals surface area (Å²) in [6.07, 6.45) is 5.40. The van der Waals surface area contributed by atoms with E-state index in [-0.39, 0.29) is 17.4 Å². The van der Waals surface area contributed by atoms with Gasteiger partial charge in [-0.25, -0.2) is 4.99 Å². The Kier molecular flexibility index (Phi) is 4.76. The summed E-state index contributed by atoms with van der Waals surface area (Å²) in [5, 5.41) is 0. The van der Waals surface area contributed by atoms with Crippen molar-refractivity contribution in [2.24, 2.45) is 4.99 Å². The lowest BCUT2D eigenvalue weighted by molar-refractivity contribution is -0.122. The zero-order valence-corrected chi connectivity index (χ0v) is 14.4. The topological polar surface area (TPSA) is 85.3 Å². The second-order valence-electron chi connectivity index (χ2n) is 5.71. The number of methoxy groups -OCH3 is 1. The van der Waals surface area contributed by atoms with Gasteiger partial charge in [-0.3, -0.25) is 9.69 Å². The van der Waals surface area contributed by atoms with Crippen LogP contribution in [0.3, 0.4) is 0 Å². The Balaban J connectivity index is 1.90. The van der Waals surface area contributed by atoms with Gasteiger partial charge >= 0.3 is 10.5 Å². The molecule has 2 aliphatic rings. The molecule has 0 spiro atoms. The van der Waals surface area contributed by atoms with Gasteiger partial charge in [0, 0.05) is 13.0 Å². The summed E-state index contributed by atoms with van der Waals surface area (Å²) in [4.78, 5) is 18.6. The van der Waals surface area contributed by atoms with Gasteiger partial charge in [0.2, 0.25) is 0 Å². The monoisotopic (exact) mass is 368 g/mol. The van der Waals surface area contributed by atoms with Crippen molar-refractivity contribution in [1.29, 1.82) is 0 Å². The lowest BCUT2D eigenvalue weighted by Crippen LogP contribution is -2.31. The molecule has 9 heteroatoms. The summed E-state index contributed by atoms with van der Waals surface area (Å²) in [5.74, 6) is 0.389. The van der Waals surface area contributed by atoms with Crippen LogP contribution in [-0.4, -0.2) is 38.7 Å². The predicted octanol–water partition coefficient (Wildman–Crippen LogP) is 2.44. The highest BCUT2D eigenvalue weighted by molar-refractivity contribution is 7.81. The molecule has 0 N–H and O–H groups in total. The van der Waals surface area contributed by atoms with E-state index in [4.69, 9.17) is 4.74 Å². The fourth-order valence-corrected chi connectivity index (χ4v) is 3.21. The minimum absolute atomic E-state index is 0.0307. The average molecular weight is 368 g/mol. The number of fused-ring (bicyclic) bond motifs is 1. The highest BCUT2D eigenvalue weighted by Crippen LogP contribution is 2.31. The van der Waals surface area contributed by atoms with Gasteiger partial charge in [-0.05, 0) is 36.6 Å². The van der Waals surface area contributed by atoms with Gasteiger partial charge in [0.25, 0.3) is 5.91 Å². The molecular weight excluding hydrogens is 351 g/mol. The number of ether oxygens (including phenoxy) is 1. The molecule has 25 heavy (non-hydrogen) atoms. The summed E-state index contributed by atoms with van der Waals surface area (Å²) in [6, 6.07) is 4.20. The Morgan fingerprint density at radius 1 is 1.24 bits per heavy atom. The maximum atomic E-state index is 12.7. The molecule has 1 amide bonds. The summed E-state index contributed by atoms with van der Waals surface area (Å²) in [5.41, 5.74) is 0.872. The van der Waals surface area contributed by atoms with Crippen molar-refractivity contribution in [1.82, 2.24) is 4.90 Å². The molecule has 2 heterocycles. The maximum absolute atomic E-state index is 12.7. The molecule has 0 unspecified atom stereocenters. The van der Waals surface area contributed by atoms with Crippen molar-refractivity contribution in [2.75, 3.05) is 13.7 Å². The number of amides is 1. The SMILES string of the molecule is COc1cc(/C=C2/N=C3CCCCCN3C2=O)ccc1OS(=O)(=O)F. The van der Waals surface area contributed by atoms with E-state index in [2.05, 4.69) is 9.18 Å². The van der Waals surface area contributed by atoms with Gasteiger partial charge in [0.15, 0.2) is 11.5 Å². The van der Waals surface area contributed by atoms with Crippen molar-refractivity contribution in [3.63, 3.8) is 0 Å². The zero-order valence-electron chi connectivity index (χ0n) is 13.6. The molecule has 7 nitrogen and oxygen atoms in total. The quantitative estimate of drug-likeness (QED) is 0.602. The smallest absolute Gasteiger partial charge is 0.488 e. The number of hydrogen-bond acceptors (Lipinski definition) is 6. The molecule has 0 saturated carbocycles. The van der Waals surface area contributed by atoms with E-state index in [1.54, 1.807) is 11.0 Å². The Morgan fingerprint density at radius 2 is 2.04 bits per heavy atom. The number of rotatable bonds is 4. The highest BCUT2D eigenvalue weighted by atomic mass is 32.3. The molecule has 0 aromatic heterocycles. The molecule has 2 aliphatic heterocycles. The number of aliphatic imine (C=N–C) groups is 1. The first-order valence-corrected chi connectivity index (χ1v) is 9.11. The van der Waals surface area contributed by atoms with E-state index in [0.29, 0.717) is 17.8 Å². The van der Waals surface area contributed by atoms with Crippen LogP contribution in [0.25, 0.3) is 6.08 Å². The first-order chi connectivity index (χ1) is 11.9. The third kappa shape index (κ3) is 3.98. The number of halogens is 1. The van der Waals surface area contributed by atoms with E-state index < -0.39 is 10.5 Å². The summed E-state index contributed by atoms with van der Waals surface area (Å²) in [7, 11) is -3.85. The molecule has 0 bridgehead atoms. The number of carbonyl (C=O) groups is 1. The first-order valence-electron chi connectivity index (χ1n) is 7.80. The van der Waals surface area contributed by atoms with Crippen LogP contribution >= 0.6 is 0 Å². The Labute approximate surface area is 145 Å². The van der Waals surface area contributed by atoms with Crippen molar-refractivity contribution in [3.05, 3.63) is 29.5 Å². The maximum Gasteiger partial charge on any atom is 0.488 e. The largest absolute Gasteiger partial charge is 0.493 e. The van der Waals surface area contributed by atoms with Gasteiger partial charge in [0.1, 0.15) is 11.5 Å². The average Bonchev–Trinajstić information content (AvgIpc) is 2.73. The Hall–Kier alpha value is -2.42. The van der Waals surface area contributed by atoms with Crippen molar-refractivity contribution in [2.45, 2.75) is 25.7 Å². The van der Waals surface area contributed by atoms with Gasteiger partial charge in [-0.1, -0.05) is 16.4 Å². The van der Waals surface area contributed by atoms with Crippen LogP contribution in [0, 0.1) is 0 Å². The Bertz CT molecular complexity index is 863. The molecule has 1 fully saturated rings. The van der Waals surface area contributed by atoms with Crippen molar-refractivity contribution in [3.8, 4) is 11.5 Å². The fraction of sp³-hybridized carbons (Fsp3) is 0.375. The van der Waals surface area contributed by atoms with Crippen molar-refractivity contribution < 1.29 is 26.0 Å². The van der Waals surface area contributed by atoms with Crippen LogP contribution in [0.1, 0.15) is 31.2 Å². The van der Waals surface area contributed by atoms with E-state index in [1.165, 1.54) is 25.3 Å². The zero-order chi connectivity index (χ0) is 18.0. The highest BCUT2D eigenvalue weighted by Gasteiger charge is 2.30. The van der Waals surface area contributed by atoms with Crippen LogP contribution in [0.15, 0.2) is 28.9 Å². The standard InChI is InChI=1S/C16H17FN2O5S/c1-23-14-10-11(6-7-13(14)24-25(17,21)22)9-12-16(20)19-8-4-2-3-5-15(19)18-12/h6-7,9-10H,2-5,8H2,1H3/b12-9+. The van der Waals surface area contributed by atoms with E-state index in [9.17, 15) is 17.1 Å². The molecule has 134 valence electrons. The first kappa shape index (κ1) is 17.4. The van der Waals surface area contributed by atoms with Crippen LogP contribution in [0.2, 0.25) is 0 Å². The number of hydrogen-bond donors (Lipinski definition) is 0. The molecule has 0 radical (unpaired) electrons. The minimum Gasteiger partial charge on any atom is -0.493 e. The molecule has 1 aromatic rings. The third-order valence-electron chi connectivity index (χ3n) is 3.99. The minimum atomic E-state index is -5.15. The summed E-state index contributed by atoms with van der Waals surface area (Å²) >= 11 is 0. The Morgan fingerprint density at radius 3 is 2.76 bits per heavy atom. The van der Waals surface area contributed by atoms with Crippen LogP contribution < -0.4 is 8.92 Å². The van der Waals surface area contributed by atoms with E-state index >= 15 is 0 Å². The van der Waals surface area contributed by atoms with Gasteiger partial charge in [-0.2, -0.15) is 8.42 Å². The number of benzene rings is 1. The molecule has 0 aliphatic carbocycles. The second-order valence-corrected chi connectivity index (χ2v) is 6.66. The van der Waals surface area contributed by atoms with Crippen molar-refractivity contribution >= 4 is 28.3 Å². The molecule has 1 saturated heterocycles. The molecule has 1 aromatic carbocycles. The summed E-state index contributed by atoms with van der Waals surface area (Å²) in [6.45, 7) is 0.666. The third-order valence-corrected chi connectivity index (χ3v) is 4.37. The number of carbonyl (C=O) groups excluding carboxylic acids is 1. The number of nitrogens with zero attached hydrogens (tertiary/aromatic N) is 2. The van der Waals surface area contributed by atoms with E-state index in [1.807, 2.05) is 0 Å². The lowest BCUT2D eigenvalue weighted by atomic mass is 10.1. The normalized spacial score (nSPS) is 19.4. The van der Waals surface area contributed by atoms with Crippen LogP contribution in [-0.2, 0) is 15.3 Å². The molecule has 3 rings (SSSR count). The van der Waals surface area contributed by atoms with Gasteiger partial charge < -0.3 is 8.92 Å². The number of amidine groups is 1. The molecule has 0 atom stereocenters. The fourth-order valence-electron chi connectivity index (χ4n) is 2.86. The van der Waals surface area contributed by atoms with Crippen LogP contribution in [0.4, 0.5) is 3.89 Å². The second kappa shape index (κ2) is 6.83. The lowest BCUT2D eigenvalue weighted by Gasteiger charge is -2.14. The van der Waals surface area contributed by atoms with Gasteiger partial charge in [0.05, 0.1) is 7.11 Å². The summed E-state index contributed by atoms with van der Waals surface area (Å²) < 4.78 is 43.2.